The van der Waals surface area contributed by atoms with Crippen LogP contribution in [0.5, 0.6) is 0 Å². The van der Waals surface area contributed by atoms with Gasteiger partial charge in [-0.3, -0.25) is 14.4 Å². The van der Waals surface area contributed by atoms with E-state index in [1.807, 2.05) is 0 Å². The van der Waals surface area contributed by atoms with Gasteiger partial charge >= 0.3 is 17.9 Å². The molecule has 0 aliphatic carbocycles. The fourth-order valence-electron chi connectivity index (χ4n) is 6.59. The normalized spacial score (nSPS) is 12.3. The highest BCUT2D eigenvalue weighted by Gasteiger charge is 2.19. The van der Waals surface area contributed by atoms with E-state index in [0.717, 1.165) is 89.9 Å². The highest BCUT2D eigenvalue weighted by molar-refractivity contribution is 5.71. The third-order valence-corrected chi connectivity index (χ3v) is 10.1. The summed E-state index contributed by atoms with van der Waals surface area (Å²) in [4.78, 5) is 37.7. The molecule has 0 rings (SSSR count). The van der Waals surface area contributed by atoms with Crippen molar-refractivity contribution in [3.8, 4) is 0 Å². The fraction of sp³-hybridized carbons (Fsp3) is 0.816. The summed E-state index contributed by atoms with van der Waals surface area (Å²) in [6.07, 6.45) is 49.8. The molecule has 0 aliphatic rings. The Kier molecular flexibility index (Phi) is 42.4. The monoisotopic (exact) mass is 773 g/mol. The number of carbonyl (C=O) groups is 3. The first-order valence-electron chi connectivity index (χ1n) is 23.5. The molecule has 0 saturated carbocycles. The number of allylic oxidation sites excluding steroid dienone is 6. The van der Waals surface area contributed by atoms with Gasteiger partial charge in [0.05, 0.1) is 0 Å². The minimum absolute atomic E-state index is 0.0795. The van der Waals surface area contributed by atoms with Gasteiger partial charge < -0.3 is 14.2 Å². The SMILES string of the molecule is CCC=CCCCCCCCC(=O)OCC(COC(=O)CCCCCCCC=CCC=CCCCCC)OC(=O)CCCCCCCCCCCCCCC. The van der Waals surface area contributed by atoms with Gasteiger partial charge in [0, 0.05) is 19.3 Å². The molecule has 55 heavy (non-hydrogen) atoms. The Bertz CT molecular complexity index is 938. The Hall–Kier alpha value is -2.37. The number of rotatable bonds is 42. The fourth-order valence-corrected chi connectivity index (χ4v) is 6.59. The second-order valence-corrected chi connectivity index (χ2v) is 15.6. The van der Waals surface area contributed by atoms with E-state index >= 15 is 0 Å². The van der Waals surface area contributed by atoms with E-state index in [1.54, 1.807) is 0 Å². The highest BCUT2D eigenvalue weighted by atomic mass is 16.6. The van der Waals surface area contributed by atoms with Gasteiger partial charge in [-0.05, 0) is 70.6 Å². The standard InChI is InChI=1S/C49H88O6/c1-4-7-10-13-16-19-21-23-24-26-27-30-33-36-39-42-48(51)54-45-46(44-53-47(50)41-38-35-32-29-18-15-12-9-6-3)55-49(52)43-40-37-34-31-28-25-22-20-17-14-11-8-5-2/h9,12,16,19,23-24,46H,4-8,10-11,13-15,17-18,20-22,25-45H2,1-3H3. The molecule has 0 aliphatic heterocycles. The molecule has 0 bridgehead atoms. The molecule has 320 valence electrons. The largest absolute Gasteiger partial charge is 0.462 e. The minimum Gasteiger partial charge on any atom is -0.462 e. The molecular weight excluding hydrogens is 685 g/mol. The van der Waals surface area contributed by atoms with Crippen LogP contribution >= 0.6 is 0 Å². The summed E-state index contributed by atoms with van der Waals surface area (Å²) < 4.78 is 16.7. The van der Waals surface area contributed by atoms with Crippen molar-refractivity contribution in [2.75, 3.05) is 13.2 Å². The Morgan fingerprint density at radius 3 is 1.13 bits per heavy atom. The molecule has 0 spiro atoms. The van der Waals surface area contributed by atoms with Crippen LogP contribution in [0.25, 0.3) is 0 Å². The average molecular weight is 773 g/mol. The highest BCUT2D eigenvalue weighted by Crippen LogP contribution is 2.15. The van der Waals surface area contributed by atoms with Crippen LogP contribution in [0.2, 0.25) is 0 Å². The number of hydrogen-bond acceptors (Lipinski definition) is 6. The second kappa shape index (κ2) is 44.3. The quantitative estimate of drug-likeness (QED) is 0.0266. The van der Waals surface area contributed by atoms with E-state index < -0.39 is 6.10 Å². The van der Waals surface area contributed by atoms with E-state index in [1.165, 1.54) is 109 Å². The van der Waals surface area contributed by atoms with Crippen LogP contribution in [0.15, 0.2) is 36.5 Å². The molecule has 0 fully saturated rings. The minimum atomic E-state index is -0.775. The summed E-state index contributed by atoms with van der Waals surface area (Å²) in [6, 6.07) is 0. The molecule has 0 aromatic carbocycles. The van der Waals surface area contributed by atoms with Crippen LogP contribution < -0.4 is 0 Å². The van der Waals surface area contributed by atoms with Crippen molar-refractivity contribution in [2.45, 2.75) is 245 Å². The lowest BCUT2D eigenvalue weighted by molar-refractivity contribution is -0.167. The van der Waals surface area contributed by atoms with Gasteiger partial charge in [0.2, 0.25) is 0 Å². The van der Waals surface area contributed by atoms with Crippen molar-refractivity contribution in [3.05, 3.63) is 36.5 Å². The molecule has 0 aromatic heterocycles. The van der Waals surface area contributed by atoms with Gasteiger partial charge in [-0.1, -0.05) is 186 Å². The number of esters is 3. The summed E-state index contributed by atoms with van der Waals surface area (Å²) in [5.74, 6) is -0.901. The van der Waals surface area contributed by atoms with Gasteiger partial charge in [0.15, 0.2) is 6.10 Å². The van der Waals surface area contributed by atoms with Crippen molar-refractivity contribution in [3.63, 3.8) is 0 Å². The summed E-state index contributed by atoms with van der Waals surface area (Å²) in [5, 5.41) is 0. The van der Waals surface area contributed by atoms with Gasteiger partial charge in [0.25, 0.3) is 0 Å². The summed E-state index contributed by atoms with van der Waals surface area (Å²) in [7, 11) is 0. The summed E-state index contributed by atoms with van der Waals surface area (Å²) in [5.41, 5.74) is 0. The zero-order valence-electron chi connectivity index (χ0n) is 36.4. The first-order chi connectivity index (χ1) is 27.0. The van der Waals surface area contributed by atoms with Crippen LogP contribution in [0.1, 0.15) is 239 Å². The third-order valence-electron chi connectivity index (χ3n) is 10.1. The van der Waals surface area contributed by atoms with Gasteiger partial charge in [-0.15, -0.1) is 0 Å². The van der Waals surface area contributed by atoms with Gasteiger partial charge in [-0.2, -0.15) is 0 Å². The Balaban J connectivity index is 4.35. The lowest BCUT2D eigenvalue weighted by Gasteiger charge is -2.18. The molecular formula is C49H88O6. The maximum Gasteiger partial charge on any atom is 0.306 e. The van der Waals surface area contributed by atoms with E-state index in [0.29, 0.717) is 19.3 Å². The molecule has 0 N–H and O–H groups in total. The van der Waals surface area contributed by atoms with Crippen LogP contribution in [0.4, 0.5) is 0 Å². The van der Waals surface area contributed by atoms with Crippen LogP contribution in [-0.2, 0) is 28.6 Å². The summed E-state index contributed by atoms with van der Waals surface area (Å²) >= 11 is 0. The van der Waals surface area contributed by atoms with Crippen molar-refractivity contribution >= 4 is 17.9 Å². The molecule has 0 heterocycles. The number of ether oxygens (including phenoxy) is 3. The molecule has 6 nitrogen and oxygen atoms in total. The Morgan fingerprint density at radius 1 is 0.382 bits per heavy atom. The van der Waals surface area contributed by atoms with E-state index in [9.17, 15) is 14.4 Å². The first kappa shape index (κ1) is 52.6. The topological polar surface area (TPSA) is 78.9 Å². The average Bonchev–Trinajstić information content (AvgIpc) is 3.18. The number of carbonyl (C=O) groups excluding carboxylic acids is 3. The van der Waals surface area contributed by atoms with Crippen molar-refractivity contribution in [2.24, 2.45) is 0 Å². The maximum absolute atomic E-state index is 12.7. The zero-order valence-corrected chi connectivity index (χ0v) is 36.4. The van der Waals surface area contributed by atoms with Crippen molar-refractivity contribution < 1.29 is 28.6 Å². The molecule has 6 heteroatoms. The smallest absolute Gasteiger partial charge is 0.306 e. The van der Waals surface area contributed by atoms with Crippen LogP contribution in [0, 0.1) is 0 Å². The molecule has 0 aromatic rings. The lowest BCUT2D eigenvalue weighted by atomic mass is 10.0. The number of unbranched alkanes of at least 4 members (excludes halogenated alkanes) is 25. The predicted molar refractivity (Wildman–Crippen MR) is 233 cm³/mol. The molecule has 1 unspecified atom stereocenters. The van der Waals surface area contributed by atoms with Gasteiger partial charge in [0.1, 0.15) is 13.2 Å². The number of hydrogen-bond donors (Lipinski definition) is 0. The Labute approximate surface area is 340 Å². The Morgan fingerprint density at radius 2 is 0.709 bits per heavy atom. The molecule has 0 radical (unpaired) electrons. The van der Waals surface area contributed by atoms with Crippen molar-refractivity contribution in [1.29, 1.82) is 0 Å². The predicted octanol–water partition coefficient (Wildman–Crippen LogP) is 15.0. The van der Waals surface area contributed by atoms with E-state index in [4.69, 9.17) is 14.2 Å². The van der Waals surface area contributed by atoms with Crippen LogP contribution in [0.3, 0.4) is 0 Å². The lowest BCUT2D eigenvalue weighted by Crippen LogP contribution is -2.30. The third kappa shape index (κ3) is 42.6. The molecule has 1 atom stereocenters. The van der Waals surface area contributed by atoms with E-state index in [2.05, 4.69) is 57.2 Å². The zero-order chi connectivity index (χ0) is 40.1. The molecule has 0 saturated heterocycles. The maximum atomic E-state index is 12.7. The van der Waals surface area contributed by atoms with Crippen LogP contribution in [-0.4, -0.2) is 37.2 Å². The van der Waals surface area contributed by atoms with Gasteiger partial charge in [-0.25, -0.2) is 0 Å². The second-order valence-electron chi connectivity index (χ2n) is 15.6. The molecule has 0 amide bonds. The first-order valence-corrected chi connectivity index (χ1v) is 23.5. The van der Waals surface area contributed by atoms with Crippen molar-refractivity contribution in [1.82, 2.24) is 0 Å². The van der Waals surface area contributed by atoms with E-state index in [-0.39, 0.29) is 31.1 Å². The summed E-state index contributed by atoms with van der Waals surface area (Å²) in [6.45, 7) is 6.49.